The minimum atomic E-state index is 0.117. The van der Waals surface area contributed by atoms with Gasteiger partial charge < -0.3 is 14.4 Å². The Morgan fingerprint density at radius 1 is 1.18 bits per heavy atom. The Morgan fingerprint density at radius 3 is 2.50 bits per heavy atom. The number of ether oxygens (including phenoxy) is 2. The van der Waals surface area contributed by atoms with Gasteiger partial charge in [-0.3, -0.25) is 9.48 Å². The van der Waals surface area contributed by atoms with Crippen LogP contribution in [-0.4, -0.2) is 40.8 Å². The quantitative estimate of drug-likeness (QED) is 0.622. The van der Waals surface area contributed by atoms with Crippen molar-refractivity contribution in [3.8, 4) is 11.5 Å². The van der Waals surface area contributed by atoms with Crippen LogP contribution in [0.15, 0.2) is 18.2 Å². The average molecular weight is 388 g/mol. The highest BCUT2D eigenvalue weighted by atomic mass is 16.5. The Kier molecular flexibility index (Phi) is 7.91. The molecule has 0 radical (unpaired) electrons. The average Bonchev–Trinajstić information content (AvgIpc) is 2.92. The number of rotatable bonds is 10. The molecule has 0 aliphatic heterocycles. The summed E-state index contributed by atoms with van der Waals surface area (Å²) in [7, 11) is 3.55. The van der Waals surface area contributed by atoms with E-state index in [0.717, 1.165) is 41.1 Å². The summed E-state index contributed by atoms with van der Waals surface area (Å²) in [6, 6.07) is 5.89. The molecule has 0 spiro atoms. The molecule has 0 atom stereocenters. The first-order chi connectivity index (χ1) is 13.4. The highest BCUT2D eigenvalue weighted by Gasteiger charge is 2.19. The van der Waals surface area contributed by atoms with Gasteiger partial charge in [-0.25, -0.2) is 0 Å². The third-order valence-electron chi connectivity index (χ3n) is 4.90. The van der Waals surface area contributed by atoms with Gasteiger partial charge >= 0.3 is 0 Å². The molecular formula is C22H33N3O3. The topological polar surface area (TPSA) is 56.6 Å². The van der Waals surface area contributed by atoms with Crippen LogP contribution in [0.2, 0.25) is 0 Å². The normalized spacial score (nSPS) is 10.8. The number of hydrogen-bond acceptors (Lipinski definition) is 4. The molecule has 0 bridgehead atoms. The molecule has 1 heterocycles. The Hall–Kier alpha value is -2.50. The first-order valence-electron chi connectivity index (χ1n) is 9.97. The smallest absolute Gasteiger partial charge is 0.227 e. The first-order valence-corrected chi connectivity index (χ1v) is 9.97. The summed E-state index contributed by atoms with van der Waals surface area (Å²) in [6.07, 6.45) is 2.22. The molecule has 1 aromatic heterocycles. The van der Waals surface area contributed by atoms with Crippen LogP contribution in [0.5, 0.6) is 11.5 Å². The number of carbonyl (C=O) groups is 1. The Morgan fingerprint density at radius 2 is 1.93 bits per heavy atom. The number of nitrogens with zero attached hydrogens (tertiary/aromatic N) is 3. The van der Waals surface area contributed by atoms with E-state index in [2.05, 4.69) is 18.9 Å². The molecule has 0 aliphatic rings. The van der Waals surface area contributed by atoms with Gasteiger partial charge in [0.25, 0.3) is 0 Å². The van der Waals surface area contributed by atoms with Crippen LogP contribution in [0.4, 0.5) is 0 Å². The highest BCUT2D eigenvalue weighted by molar-refractivity contribution is 5.79. The number of aryl methyl sites for hydroxylation is 2. The molecule has 0 saturated heterocycles. The summed E-state index contributed by atoms with van der Waals surface area (Å²) in [6.45, 7) is 10.0. The van der Waals surface area contributed by atoms with E-state index in [1.165, 1.54) is 0 Å². The number of hydrogen-bond donors (Lipinski definition) is 0. The van der Waals surface area contributed by atoms with Crippen molar-refractivity contribution in [1.82, 2.24) is 14.7 Å². The molecular weight excluding hydrogens is 354 g/mol. The van der Waals surface area contributed by atoms with E-state index in [1.807, 2.05) is 48.7 Å². The molecule has 28 heavy (non-hydrogen) atoms. The molecule has 6 nitrogen and oxygen atoms in total. The summed E-state index contributed by atoms with van der Waals surface area (Å²) < 4.78 is 13.0. The van der Waals surface area contributed by atoms with Gasteiger partial charge in [0.05, 0.1) is 25.8 Å². The lowest BCUT2D eigenvalue weighted by molar-refractivity contribution is -0.131. The fraction of sp³-hybridized carbons (Fsp3) is 0.545. The maximum atomic E-state index is 13.0. The lowest BCUT2D eigenvalue weighted by atomic mass is 10.1. The summed E-state index contributed by atoms with van der Waals surface area (Å²) in [4.78, 5) is 14.9. The zero-order valence-electron chi connectivity index (χ0n) is 18.0. The second-order valence-electron chi connectivity index (χ2n) is 7.10. The zero-order valence-corrected chi connectivity index (χ0v) is 18.0. The monoisotopic (exact) mass is 387 g/mol. The summed E-state index contributed by atoms with van der Waals surface area (Å²) >= 11 is 0. The fourth-order valence-electron chi connectivity index (χ4n) is 3.26. The molecule has 1 aromatic carbocycles. The predicted molar refractivity (Wildman–Crippen MR) is 111 cm³/mol. The molecule has 2 aromatic rings. The summed E-state index contributed by atoms with van der Waals surface area (Å²) in [5, 5.41) is 4.43. The molecule has 0 unspecified atom stereocenters. The van der Waals surface area contributed by atoms with Crippen molar-refractivity contribution in [3.05, 3.63) is 40.7 Å². The van der Waals surface area contributed by atoms with Crippen LogP contribution in [-0.2, 0) is 24.8 Å². The Bertz CT molecular complexity index is 799. The summed E-state index contributed by atoms with van der Waals surface area (Å²) in [5.41, 5.74) is 4.02. The van der Waals surface area contributed by atoms with Gasteiger partial charge in [-0.1, -0.05) is 19.9 Å². The SMILES string of the molecule is CCCOc1ccc(CN(CCC)C(=O)Cc2c(C)nn(C)c2C)cc1OC. The van der Waals surface area contributed by atoms with Crippen LogP contribution in [0, 0.1) is 13.8 Å². The Balaban J connectivity index is 2.16. The lowest BCUT2D eigenvalue weighted by Gasteiger charge is -2.23. The largest absolute Gasteiger partial charge is 0.493 e. The number of methoxy groups -OCH3 is 1. The van der Waals surface area contributed by atoms with E-state index in [0.29, 0.717) is 31.9 Å². The van der Waals surface area contributed by atoms with E-state index < -0.39 is 0 Å². The van der Waals surface area contributed by atoms with E-state index in [-0.39, 0.29) is 5.91 Å². The molecule has 2 rings (SSSR count). The molecule has 0 N–H and O–H groups in total. The molecule has 6 heteroatoms. The maximum absolute atomic E-state index is 13.0. The van der Waals surface area contributed by atoms with Crippen LogP contribution in [0.1, 0.15) is 49.2 Å². The Labute approximate surface area is 168 Å². The summed E-state index contributed by atoms with van der Waals surface area (Å²) in [5.74, 6) is 1.56. The molecule has 0 saturated carbocycles. The van der Waals surface area contributed by atoms with Crippen LogP contribution >= 0.6 is 0 Å². The van der Waals surface area contributed by atoms with Gasteiger partial charge in [0.1, 0.15) is 0 Å². The second kappa shape index (κ2) is 10.2. The maximum Gasteiger partial charge on any atom is 0.227 e. The first kappa shape index (κ1) is 21.8. The van der Waals surface area contributed by atoms with E-state index in [9.17, 15) is 4.79 Å². The third kappa shape index (κ3) is 5.27. The van der Waals surface area contributed by atoms with Crippen molar-refractivity contribution in [3.63, 3.8) is 0 Å². The van der Waals surface area contributed by atoms with Crippen molar-refractivity contribution < 1.29 is 14.3 Å². The predicted octanol–water partition coefficient (Wildman–Crippen LogP) is 3.82. The number of carbonyl (C=O) groups excluding carboxylic acids is 1. The van der Waals surface area contributed by atoms with Crippen molar-refractivity contribution in [2.24, 2.45) is 7.05 Å². The van der Waals surface area contributed by atoms with Gasteiger partial charge in [-0.15, -0.1) is 0 Å². The van der Waals surface area contributed by atoms with Crippen LogP contribution in [0.25, 0.3) is 0 Å². The van der Waals surface area contributed by atoms with E-state index in [4.69, 9.17) is 9.47 Å². The van der Waals surface area contributed by atoms with Crippen molar-refractivity contribution in [1.29, 1.82) is 0 Å². The van der Waals surface area contributed by atoms with Crippen LogP contribution < -0.4 is 9.47 Å². The van der Waals surface area contributed by atoms with Gasteiger partial charge in [0, 0.05) is 31.4 Å². The lowest BCUT2D eigenvalue weighted by Crippen LogP contribution is -2.32. The highest BCUT2D eigenvalue weighted by Crippen LogP contribution is 2.29. The molecule has 0 fully saturated rings. The van der Waals surface area contributed by atoms with E-state index in [1.54, 1.807) is 7.11 Å². The number of amides is 1. The van der Waals surface area contributed by atoms with Gasteiger partial charge in [0.2, 0.25) is 5.91 Å². The molecule has 0 aliphatic carbocycles. The minimum Gasteiger partial charge on any atom is -0.493 e. The van der Waals surface area contributed by atoms with Crippen molar-refractivity contribution in [2.75, 3.05) is 20.3 Å². The minimum absolute atomic E-state index is 0.117. The van der Waals surface area contributed by atoms with Crippen molar-refractivity contribution >= 4 is 5.91 Å². The third-order valence-corrected chi connectivity index (χ3v) is 4.90. The number of benzene rings is 1. The molecule has 154 valence electrons. The standard InChI is InChI=1S/C22H33N3O3/c1-7-11-25(22(26)14-19-16(3)23-24(5)17(19)4)15-18-9-10-20(28-12-8-2)21(13-18)27-6/h9-10,13H,7-8,11-12,14-15H2,1-6H3. The van der Waals surface area contributed by atoms with Crippen molar-refractivity contribution in [2.45, 2.75) is 53.5 Å². The number of aromatic nitrogens is 2. The second-order valence-corrected chi connectivity index (χ2v) is 7.10. The molecule has 1 amide bonds. The van der Waals surface area contributed by atoms with Gasteiger partial charge in [0.15, 0.2) is 11.5 Å². The van der Waals surface area contributed by atoms with E-state index >= 15 is 0 Å². The zero-order chi connectivity index (χ0) is 20.7. The van der Waals surface area contributed by atoms with Gasteiger partial charge in [-0.05, 0) is 44.4 Å². The fourth-order valence-corrected chi connectivity index (χ4v) is 3.26. The van der Waals surface area contributed by atoms with Crippen LogP contribution in [0.3, 0.4) is 0 Å². The van der Waals surface area contributed by atoms with Gasteiger partial charge in [-0.2, -0.15) is 5.10 Å².